The average molecular weight is 385 g/mol. The molecule has 0 aliphatic heterocycles. The summed E-state index contributed by atoms with van der Waals surface area (Å²) in [5.74, 6) is 0.824. The van der Waals surface area contributed by atoms with Gasteiger partial charge in [-0.2, -0.15) is 16.8 Å². The van der Waals surface area contributed by atoms with Gasteiger partial charge in [-0.15, -0.1) is 0 Å². The molecular formula is C21H24N2OS2. The number of carbonyl (C=O) groups is 1. The molecule has 3 aromatic rings. The molecule has 3 nitrogen and oxygen atoms in total. The number of rotatable bonds is 4. The molecule has 0 N–H and O–H groups in total. The number of aromatic nitrogens is 1. The van der Waals surface area contributed by atoms with E-state index in [0.29, 0.717) is 5.56 Å². The second-order valence-corrected chi connectivity index (χ2v) is 8.66. The van der Waals surface area contributed by atoms with Gasteiger partial charge in [0.05, 0.1) is 10.2 Å². The van der Waals surface area contributed by atoms with E-state index >= 15 is 0 Å². The quantitative estimate of drug-likeness (QED) is 0.631. The Morgan fingerprint density at radius 3 is 2.50 bits per heavy atom. The molecule has 1 aromatic heterocycles. The molecule has 0 unspecified atom stereocenters. The first-order valence-electron chi connectivity index (χ1n) is 8.66. The molecule has 136 valence electrons. The Morgan fingerprint density at radius 1 is 1.08 bits per heavy atom. The van der Waals surface area contributed by atoms with Crippen LogP contribution in [0.1, 0.15) is 32.6 Å². The normalized spacial score (nSPS) is 12.1. The molecule has 2 aromatic carbocycles. The van der Waals surface area contributed by atoms with E-state index in [2.05, 4.69) is 41.8 Å². The molecule has 0 atom stereocenters. The molecule has 0 spiro atoms. The molecule has 0 aliphatic carbocycles. The average Bonchev–Trinajstić information content (AvgIpc) is 2.90. The van der Waals surface area contributed by atoms with Gasteiger partial charge in [0.1, 0.15) is 0 Å². The van der Waals surface area contributed by atoms with Gasteiger partial charge in [0.15, 0.2) is 4.80 Å². The third-order valence-corrected chi connectivity index (χ3v) is 6.26. The van der Waals surface area contributed by atoms with Crippen molar-refractivity contribution in [3.05, 3.63) is 63.0 Å². The van der Waals surface area contributed by atoms with Crippen LogP contribution in [-0.4, -0.2) is 22.5 Å². The maximum absolute atomic E-state index is 12.8. The van der Waals surface area contributed by atoms with E-state index in [0.717, 1.165) is 28.2 Å². The van der Waals surface area contributed by atoms with Crippen molar-refractivity contribution < 1.29 is 4.79 Å². The van der Waals surface area contributed by atoms with Crippen LogP contribution in [0.25, 0.3) is 10.2 Å². The van der Waals surface area contributed by atoms with E-state index in [1.54, 1.807) is 23.1 Å². The number of aryl methyl sites for hydroxylation is 5. The zero-order chi connectivity index (χ0) is 18.8. The van der Waals surface area contributed by atoms with Crippen LogP contribution >= 0.6 is 23.1 Å². The maximum atomic E-state index is 12.8. The lowest BCUT2D eigenvalue weighted by Gasteiger charge is -2.06. The Bertz CT molecular complexity index is 1040. The zero-order valence-corrected chi connectivity index (χ0v) is 17.6. The van der Waals surface area contributed by atoms with E-state index in [4.69, 9.17) is 0 Å². The van der Waals surface area contributed by atoms with Gasteiger partial charge in [0.25, 0.3) is 5.91 Å². The van der Waals surface area contributed by atoms with Gasteiger partial charge < -0.3 is 4.57 Å². The molecule has 0 bridgehead atoms. The third-order valence-electron chi connectivity index (χ3n) is 4.44. The second-order valence-electron chi connectivity index (χ2n) is 6.69. The molecule has 1 amide bonds. The minimum Gasteiger partial charge on any atom is -0.315 e. The highest BCUT2D eigenvalue weighted by Gasteiger charge is 2.12. The highest BCUT2D eigenvalue weighted by molar-refractivity contribution is 7.98. The molecule has 0 aliphatic rings. The smallest absolute Gasteiger partial charge is 0.279 e. The van der Waals surface area contributed by atoms with Crippen LogP contribution in [0.15, 0.2) is 35.3 Å². The highest BCUT2D eigenvalue weighted by atomic mass is 32.2. The number of amides is 1. The monoisotopic (exact) mass is 384 g/mol. The van der Waals surface area contributed by atoms with Crippen molar-refractivity contribution in [3.8, 4) is 0 Å². The third kappa shape index (κ3) is 3.79. The van der Waals surface area contributed by atoms with Crippen LogP contribution < -0.4 is 4.80 Å². The largest absolute Gasteiger partial charge is 0.315 e. The lowest BCUT2D eigenvalue weighted by atomic mass is 10.1. The number of thioether (sulfide) groups is 1. The topological polar surface area (TPSA) is 34.4 Å². The number of thiazole rings is 1. The summed E-state index contributed by atoms with van der Waals surface area (Å²) in [5, 5.41) is 0. The van der Waals surface area contributed by atoms with Crippen molar-refractivity contribution in [2.24, 2.45) is 4.99 Å². The van der Waals surface area contributed by atoms with Crippen LogP contribution in [0, 0.1) is 27.7 Å². The van der Waals surface area contributed by atoms with Gasteiger partial charge in [0.2, 0.25) is 0 Å². The summed E-state index contributed by atoms with van der Waals surface area (Å²) >= 11 is 3.41. The van der Waals surface area contributed by atoms with Crippen LogP contribution in [0.5, 0.6) is 0 Å². The van der Waals surface area contributed by atoms with Crippen LogP contribution in [0.4, 0.5) is 0 Å². The summed E-state index contributed by atoms with van der Waals surface area (Å²) in [6, 6.07) is 10.3. The summed E-state index contributed by atoms with van der Waals surface area (Å²) in [6.45, 7) is 9.09. The zero-order valence-electron chi connectivity index (χ0n) is 15.9. The summed E-state index contributed by atoms with van der Waals surface area (Å²) in [7, 11) is 0. The number of hydrogen-bond acceptors (Lipinski definition) is 3. The van der Waals surface area contributed by atoms with E-state index in [1.165, 1.54) is 21.3 Å². The number of fused-ring (bicyclic) bond motifs is 1. The van der Waals surface area contributed by atoms with E-state index < -0.39 is 0 Å². The first-order chi connectivity index (χ1) is 12.4. The Balaban J connectivity index is 2.17. The second kappa shape index (κ2) is 7.80. The summed E-state index contributed by atoms with van der Waals surface area (Å²) in [4.78, 5) is 18.1. The molecule has 5 heteroatoms. The molecule has 0 saturated carbocycles. The van der Waals surface area contributed by atoms with Gasteiger partial charge in [-0.25, -0.2) is 0 Å². The fourth-order valence-corrected chi connectivity index (χ4v) is 4.67. The van der Waals surface area contributed by atoms with E-state index in [-0.39, 0.29) is 5.91 Å². The molecule has 3 rings (SSSR count). The molecule has 1 heterocycles. The van der Waals surface area contributed by atoms with Crippen LogP contribution in [-0.2, 0) is 6.54 Å². The van der Waals surface area contributed by atoms with Crippen molar-refractivity contribution in [2.45, 2.75) is 34.2 Å². The molecule has 0 saturated heterocycles. The summed E-state index contributed by atoms with van der Waals surface area (Å²) in [6.07, 6.45) is 2.10. The van der Waals surface area contributed by atoms with Crippen molar-refractivity contribution in [1.29, 1.82) is 0 Å². The van der Waals surface area contributed by atoms with Crippen molar-refractivity contribution in [3.63, 3.8) is 0 Å². The van der Waals surface area contributed by atoms with Gasteiger partial charge in [-0.1, -0.05) is 35.1 Å². The Hall–Kier alpha value is -1.85. The van der Waals surface area contributed by atoms with Crippen molar-refractivity contribution in [2.75, 3.05) is 12.0 Å². The lowest BCUT2D eigenvalue weighted by Crippen LogP contribution is -2.18. The maximum Gasteiger partial charge on any atom is 0.279 e. The van der Waals surface area contributed by atoms with Crippen LogP contribution in [0.2, 0.25) is 0 Å². The van der Waals surface area contributed by atoms with E-state index in [9.17, 15) is 4.79 Å². The van der Waals surface area contributed by atoms with Crippen molar-refractivity contribution in [1.82, 2.24) is 4.57 Å². The number of hydrogen-bond donors (Lipinski definition) is 0. The predicted molar refractivity (Wildman–Crippen MR) is 113 cm³/mol. The first-order valence-corrected chi connectivity index (χ1v) is 10.9. The van der Waals surface area contributed by atoms with Gasteiger partial charge in [-0.05, 0) is 62.8 Å². The highest BCUT2D eigenvalue weighted by Crippen LogP contribution is 2.24. The predicted octanol–water partition coefficient (Wildman–Crippen LogP) is 5.04. The van der Waals surface area contributed by atoms with Gasteiger partial charge in [-0.3, -0.25) is 4.79 Å². The minimum atomic E-state index is -0.165. The summed E-state index contributed by atoms with van der Waals surface area (Å²) in [5.41, 5.74) is 6.46. The van der Waals surface area contributed by atoms with Gasteiger partial charge >= 0.3 is 0 Å². The van der Waals surface area contributed by atoms with Crippen LogP contribution in [0.3, 0.4) is 0 Å². The summed E-state index contributed by atoms with van der Waals surface area (Å²) < 4.78 is 3.40. The molecule has 26 heavy (non-hydrogen) atoms. The number of benzene rings is 2. The van der Waals surface area contributed by atoms with Crippen molar-refractivity contribution >= 4 is 39.2 Å². The van der Waals surface area contributed by atoms with Gasteiger partial charge in [0, 0.05) is 17.9 Å². The Labute approximate surface area is 162 Å². The minimum absolute atomic E-state index is 0.165. The SMILES string of the molecule is CSCCn1c(=NC(=O)c2ccc(C)cc2C)sc2c(C)cc(C)cc21. The fraction of sp³-hybridized carbons (Fsp3) is 0.333. The number of nitrogens with zero attached hydrogens (tertiary/aromatic N) is 2. The molecule has 0 fully saturated rings. The first kappa shape index (κ1) is 18.9. The molecule has 0 radical (unpaired) electrons. The fourth-order valence-electron chi connectivity index (χ4n) is 3.20. The Morgan fingerprint density at radius 2 is 1.81 bits per heavy atom. The molecular weight excluding hydrogens is 360 g/mol. The standard InChI is InChI=1S/C21H24N2OS2/c1-13-6-7-17(15(3)10-13)20(24)22-21-23(8-9-25-5)18-12-14(2)11-16(4)19(18)26-21/h6-7,10-12H,8-9H2,1-5H3. The lowest BCUT2D eigenvalue weighted by molar-refractivity contribution is 0.0997. The number of carbonyl (C=O) groups excluding carboxylic acids is 1. The van der Waals surface area contributed by atoms with E-state index in [1.807, 2.05) is 32.0 Å². The Kier molecular flexibility index (Phi) is 5.68.